The highest BCUT2D eigenvalue weighted by atomic mass is 16.5. The van der Waals surface area contributed by atoms with Crippen LogP contribution in [0.15, 0.2) is 18.2 Å². The number of aromatic hydroxyl groups is 1. The van der Waals surface area contributed by atoms with Gasteiger partial charge >= 0.3 is 0 Å². The third-order valence-corrected chi connectivity index (χ3v) is 2.80. The van der Waals surface area contributed by atoms with Gasteiger partial charge in [0.15, 0.2) is 5.82 Å². The number of benzene rings is 1. The van der Waals surface area contributed by atoms with E-state index >= 15 is 0 Å². The van der Waals surface area contributed by atoms with E-state index in [1.165, 1.54) is 19.2 Å². The average Bonchev–Trinajstić information content (AvgIpc) is 2.86. The third kappa shape index (κ3) is 2.87. The van der Waals surface area contributed by atoms with Gasteiger partial charge in [0.25, 0.3) is 5.91 Å². The molecule has 1 atom stereocenters. The zero-order valence-corrected chi connectivity index (χ0v) is 11.5. The number of aryl methyl sites for hydroxylation is 1. The highest BCUT2D eigenvalue weighted by molar-refractivity contribution is 5.97. The first kappa shape index (κ1) is 13.9. The summed E-state index contributed by atoms with van der Waals surface area (Å²) >= 11 is 0. The number of nitrogens with one attached hydrogen (secondary N) is 2. The van der Waals surface area contributed by atoms with E-state index in [0.717, 1.165) is 0 Å². The maximum Gasteiger partial charge on any atom is 0.255 e. The van der Waals surface area contributed by atoms with Gasteiger partial charge in [-0.15, -0.1) is 0 Å². The number of amides is 1. The zero-order valence-electron chi connectivity index (χ0n) is 11.5. The minimum Gasteiger partial charge on any atom is -0.507 e. The van der Waals surface area contributed by atoms with Crippen molar-refractivity contribution in [2.45, 2.75) is 19.9 Å². The predicted octanol–water partition coefficient (Wildman–Crippen LogP) is 1.32. The van der Waals surface area contributed by atoms with Gasteiger partial charge in [-0.3, -0.25) is 9.89 Å². The lowest BCUT2D eigenvalue weighted by atomic mass is 10.1. The molecule has 1 aromatic carbocycles. The van der Waals surface area contributed by atoms with Crippen LogP contribution in [-0.2, 0) is 0 Å². The van der Waals surface area contributed by atoms with E-state index < -0.39 is 5.91 Å². The van der Waals surface area contributed by atoms with Crippen LogP contribution in [0, 0.1) is 6.92 Å². The van der Waals surface area contributed by atoms with Crippen LogP contribution in [0.25, 0.3) is 0 Å². The summed E-state index contributed by atoms with van der Waals surface area (Å²) in [5.74, 6) is 1.12. The first-order valence-corrected chi connectivity index (χ1v) is 6.08. The Hall–Kier alpha value is -2.57. The fourth-order valence-corrected chi connectivity index (χ4v) is 1.72. The van der Waals surface area contributed by atoms with E-state index in [-0.39, 0.29) is 17.4 Å². The maximum absolute atomic E-state index is 12.1. The molecular formula is C13H16N4O3. The van der Waals surface area contributed by atoms with Gasteiger partial charge in [-0.2, -0.15) is 5.10 Å². The summed E-state index contributed by atoms with van der Waals surface area (Å²) in [7, 11) is 1.49. The van der Waals surface area contributed by atoms with Crippen molar-refractivity contribution in [3.05, 3.63) is 35.4 Å². The Labute approximate surface area is 116 Å². The Morgan fingerprint density at radius 3 is 2.85 bits per heavy atom. The predicted molar refractivity (Wildman–Crippen MR) is 71.7 cm³/mol. The van der Waals surface area contributed by atoms with Gasteiger partial charge in [0.05, 0.1) is 18.7 Å². The summed E-state index contributed by atoms with van der Waals surface area (Å²) in [4.78, 5) is 16.3. The van der Waals surface area contributed by atoms with Crippen molar-refractivity contribution in [1.29, 1.82) is 0 Å². The van der Waals surface area contributed by atoms with E-state index in [1.54, 1.807) is 19.9 Å². The molecule has 7 nitrogen and oxygen atoms in total. The van der Waals surface area contributed by atoms with Crippen LogP contribution in [0.4, 0.5) is 0 Å². The molecule has 3 N–H and O–H groups in total. The molecule has 0 aliphatic heterocycles. The molecule has 0 saturated carbocycles. The molecular weight excluding hydrogens is 260 g/mol. The second-order valence-corrected chi connectivity index (χ2v) is 4.36. The standard InChI is InChI=1S/C13H16N4O3/c1-7(12-15-8(2)16-17-12)14-13(19)10-6-9(20-3)4-5-11(10)18/h4-7,18H,1-3H3,(H,14,19)(H,15,16,17)/t7-/m0/s1. The molecule has 1 aromatic heterocycles. The first-order valence-electron chi connectivity index (χ1n) is 6.08. The van der Waals surface area contributed by atoms with Gasteiger partial charge in [-0.1, -0.05) is 0 Å². The van der Waals surface area contributed by atoms with Gasteiger partial charge < -0.3 is 15.2 Å². The number of hydrogen-bond acceptors (Lipinski definition) is 5. The number of nitrogens with zero attached hydrogens (tertiary/aromatic N) is 2. The summed E-state index contributed by atoms with van der Waals surface area (Å²) in [5, 5.41) is 19.1. The van der Waals surface area contributed by atoms with Gasteiger partial charge in [-0.25, -0.2) is 4.98 Å². The molecule has 2 aromatic rings. The molecule has 20 heavy (non-hydrogen) atoms. The molecule has 0 unspecified atom stereocenters. The van der Waals surface area contributed by atoms with Crippen molar-refractivity contribution >= 4 is 5.91 Å². The monoisotopic (exact) mass is 276 g/mol. The fraction of sp³-hybridized carbons (Fsp3) is 0.308. The van der Waals surface area contributed by atoms with Gasteiger partial charge in [0.1, 0.15) is 17.3 Å². The number of carbonyl (C=O) groups excluding carboxylic acids is 1. The minimum atomic E-state index is -0.420. The van der Waals surface area contributed by atoms with E-state index in [4.69, 9.17) is 4.74 Å². The normalized spacial score (nSPS) is 11.9. The van der Waals surface area contributed by atoms with E-state index in [0.29, 0.717) is 17.4 Å². The Kier molecular flexibility index (Phi) is 3.88. The van der Waals surface area contributed by atoms with Crippen LogP contribution >= 0.6 is 0 Å². The van der Waals surface area contributed by atoms with Crippen LogP contribution in [-0.4, -0.2) is 33.3 Å². The summed E-state index contributed by atoms with van der Waals surface area (Å²) in [6.45, 7) is 3.54. The Balaban J connectivity index is 2.15. The SMILES string of the molecule is COc1ccc(O)c(C(=O)N[C@@H](C)c2n[nH]c(C)n2)c1. The minimum absolute atomic E-state index is 0.110. The molecule has 0 fully saturated rings. The first-order chi connectivity index (χ1) is 9.51. The molecule has 7 heteroatoms. The molecule has 0 bridgehead atoms. The molecule has 0 spiro atoms. The lowest BCUT2D eigenvalue weighted by molar-refractivity contribution is 0.0935. The third-order valence-electron chi connectivity index (χ3n) is 2.80. The summed E-state index contributed by atoms with van der Waals surface area (Å²) in [5.41, 5.74) is 0.142. The highest BCUT2D eigenvalue weighted by Crippen LogP contribution is 2.23. The van der Waals surface area contributed by atoms with Crippen LogP contribution in [0.3, 0.4) is 0 Å². The summed E-state index contributed by atoms with van der Waals surface area (Å²) in [6.07, 6.45) is 0. The van der Waals surface area contributed by atoms with Crippen LogP contribution in [0.2, 0.25) is 0 Å². The highest BCUT2D eigenvalue weighted by Gasteiger charge is 2.18. The van der Waals surface area contributed by atoms with Crippen molar-refractivity contribution in [3.63, 3.8) is 0 Å². The summed E-state index contributed by atoms with van der Waals surface area (Å²) < 4.78 is 5.03. The largest absolute Gasteiger partial charge is 0.507 e. The molecule has 2 rings (SSSR count). The van der Waals surface area contributed by atoms with Gasteiger partial charge in [-0.05, 0) is 32.0 Å². The molecule has 1 heterocycles. The van der Waals surface area contributed by atoms with Crippen molar-refractivity contribution in [2.24, 2.45) is 0 Å². The maximum atomic E-state index is 12.1. The van der Waals surface area contributed by atoms with Gasteiger partial charge in [0, 0.05) is 0 Å². The number of H-pyrrole nitrogens is 1. The number of carbonyl (C=O) groups is 1. The Bertz CT molecular complexity index is 624. The number of phenols is 1. The van der Waals surface area contributed by atoms with Crippen LogP contribution in [0.5, 0.6) is 11.5 Å². The lowest BCUT2D eigenvalue weighted by Gasteiger charge is -2.12. The van der Waals surface area contributed by atoms with Crippen molar-refractivity contribution in [2.75, 3.05) is 7.11 Å². The summed E-state index contributed by atoms with van der Waals surface area (Å²) in [6, 6.07) is 4.09. The molecule has 0 radical (unpaired) electrons. The number of aromatic nitrogens is 3. The van der Waals surface area contributed by atoms with Crippen LogP contribution < -0.4 is 10.1 Å². The van der Waals surface area contributed by atoms with E-state index in [1.807, 2.05) is 0 Å². The Morgan fingerprint density at radius 2 is 2.25 bits per heavy atom. The van der Waals surface area contributed by atoms with Crippen molar-refractivity contribution < 1.29 is 14.6 Å². The number of hydrogen-bond donors (Lipinski definition) is 3. The second-order valence-electron chi connectivity index (χ2n) is 4.36. The molecule has 0 aliphatic rings. The topological polar surface area (TPSA) is 100 Å². The molecule has 0 saturated heterocycles. The Morgan fingerprint density at radius 1 is 1.50 bits per heavy atom. The number of rotatable bonds is 4. The second kappa shape index (κ2) is 5.60. The number of methoxy groups -OCH3 is 1. The fourth-order valence-electron chi connectivity index (χ4n) is 1.72. The van der Waals surface area contributed by atoms with E-state index in [2.05, 4.69) is 20.5 Å². The smallest absolute Gasteiger partial charge is 0.255 e. The number of ether oxygens (including phenoxy) is 1. The van der Waals surface area contributed by atoms with Crippen molar-refractivity contribution in [3.8, 4) is 11.5 Å². The molecule has 106 valence electrons. The molecule has 1 amide bonds. The lowest BCUT2D eigenvalue weighted by Crippen LogP contribution is -2.27. The average molecular weight is 276 g/mol. The number of aromatic amines is 1. The number of phenolic OH excluding ortho intramolecular Hbond substituents is 1. The molecule has 0 aliphatic carbocycles. The quantitative estimate of drug-likeness (QED) is 0.782. The van der Waals surface area contributed by atoms with Gasteiger partial charge in [0.2, 0.25) is 0 Å². The zero-order chi connectivity index (χ0) is 14.7. The van der Waals surface area contributed by atoms with Crippen molar-refractivity contribution in [1.82, 2.24) is 20.5 Å². The van der Waals surface area contributed by atoms with Crippen LogP contribution in [0.1, 0.15) is 35.0 Å². The van der Waals surface area contributed by atoms with E-state index in [9.17, 15) is 9.90 Å².